The van der Waals surface area contributed by atoms with Crippen molar-refractivity contribution in [3.05, 3.63) is 47.2 Å². The highest BCUT2D eigenvalue weighted by Crippen LogP contribution is 2.43. The van der Waals surface area contributed by atoms with Crippen LogP contribution >= 0.6 is 11.3 Å². The van der Waals surface area contributed by atoms with Crippen LogP contribution in [0.2, 0.25) is 0 Å². The van der Waals surface area contributed by atoms with Gasteiger partial charge in [-0.25, -0.2) is 9.97 Å². The number of aliphatic carboxylic acids is 1. The predicted molar refractivity (Wildman–Crippen MR) is 118 cm³/mol. The van der Waals surface area contributed by atoms with Crippen LogP contribution in [0.25, 0.3) is 10.4 Å². The standard InChI is InChI=1S/C22H24N4O4S/c1-13-9-15(11-16(10-13)25-21-23-8-5-18(26-21)30-2)17-12-24-20(31-17)22(29)6-3-14(4-7-22)19(27)28/h5,8-12,14,29H,3-4,6-7H2,1-2H3,(H,27,28)(H,23,25,26). The maximum absolute atomic E-state index is 11.2. The van der Waals surface area contributed by atoms with Gasteiger partial charge in [0.15, 0.2) is 0 Å². The molecule has 8 nitrogen and oxygen atoms in total. The topological polar surface area (TPSA) is 117 Å². The van der Waals surface area contributed by atoms with Crippen molar-refractivity contribution in [2.24, 2.45) is 5.92 Å². The molecule has 9 heteroatoms. The molecule has 1 fully saturated rings. The minimum atomic E-state index is -1.06. The molecule has 0 saturated heterocycles. The first-order valence-electron chi connectivity index (χ1n) is 10.0. The van der Waals surface area contributed by atoms with E-state index in [9.17, 15) is 15.0 Å². The number of ether oxygens (including phenoxy) is 1. The predicted octanol–water partition coefficient (Wildman–Crippen LogP) is 4.12. The van der Waals surface area contributed by atoms with Crippen LogP contribution in [0.15, 0.2) is 36.7 Å². The Hall–Kier alpha value is -3.04. The van der Waals surface area contributed by atoms with Gasteiger partial charge in [-0.2, -0.15) is 4.98 Å². The first-order chi connectivity index (χ1) is 14.9. The Morgan fingerprint density at radius 1 is 1.26 bits per heavy atom. The van der Waals surface area contributed by atoms with E-state index in [1.165, 1.54) is 11.3 Å². The van der Waals surface area contributed by atoms with E-state index in [0.717, 1.165) is 21.7 Å². The highest BCUT2D eigenvalue weighted by Gasteiger charge is 2.39. The summed E-state index contributed by atoms with van der Waals surface area (Å²) < 4.78 is 5.14. The number of hydrogen-bond acceptors (Lipinski definition) is 8. The number of carboxylic acids is 1. The number of thiazole rings is 1. The number of carbonyl (C=O) groups is 1. The molecular formula is C22H24N4O4S. The van der Waals surface area contributed by atoms with Crippen molar-refractivity contribution in [3.8, 4) is 16.3 Å². The molecule has 0 amide bonds. The molecule has 4 rings (SSSR count). The van der Waals surface area contributed by atoms with Crippen LogP contribution in [-0.4, -0.2) is 38.2 Å². The smallest absolute Gasteiger partial charge is 0.306 e. The Kier molecular flexibility index (Phi) is 5.88. The van der Waals surface area contributed by atoms with Crippen LogP contribution in [0.4, 0.5) is 11.6 Å². The summed E-state index contributed by atoms with van der Waals surface area (Å²) in [4.78, 5) is 25.1. The Bertz CT molecular complexity index is 1090. The molecule has 0 aliphatic heterocycles. The minimum Gasteiger partial charge on any atom is -0.481 e. The monoisotopic (exact) mass is 440 g/mol. The van der Waals surface area contributed by atoms with Crippen LogP contribution in [0, 0.1) is 12.8 Å². The highest BCUT2D eigenvalue weighted by atomic mass is 32.1. The van der Waals surface area contributed by atoms with Crippen molar-refractivity contribution in [1.82, 2.24) is 15.0 Å². The van der Waals surface area contributed by atoms with E-state index in [2.05, 4.69) is 26.3 Å². The fraction of sp³-hybridized carbons (Fsp3) is 0.364. The van der Waals surface area contributed by atoms with E-state index in [4.69, 9.17) is 4.74 Å². The Labute approximate surface area is 184 Å². The average Bonchev–Trinajstić information content (AvgIpc) is 3.25. The SMILES string of the molecule is COc1ccnc(Nc2cc(C)cc(-c3cnc(C4(O)CCC(C(=O)O)CC4)s3)c2)n1. The van der Waals surface area contributed by atoms with Crippen molar-refractivity contribution < 1.29 is 19.7 Å². The second-order valence-corrected chi connectivity index (χ2v) is 8.84. The summed E-state index contributed by atoms with van der Waals surface area (Å²) in [7, 11) is 1.56. The number of hydrogen-bond donors (Lipinski definition) is 3. The lowest BCUT2D eigenvalue weighted by atomic mass is 9.79. The van der Waals surface area contributed by atoms with Crippen LogP contribution in [0.5, 0.6) is 5.88 Å². The number of benzene rings is 1. The number of aromatic nitrogens is 3. The number of methoxy groups -OCH3 is 1. The second-order valence-electron chi connectivity index (χ2n) is 7.81. The highest BCUT2D eigenvalue weighted by molar-refractivity contribution is 7.15. The quantitative estimate of drug-likeness (QED) is 0.524. The maximum atomic E-state index is 11.2. The lowest BCUT2D eigenvalue weighted by Crippen LogP contribution is -2.33. The normalized spacial score (nSPS) is 20.9. The summed E-state index contributed by atoms with van der Waals surface area (Å²) in [5, 5.41) is 24.1. The molecule has 0 bridgehead atoms. The van der Waals surface area contributed by atoms with Gasteiger partial charge in [-0.1, -0.05) is 6.07 Å². The molecule has 0 atom stereocenters. The van der Waals surface area contributed by atoms with Gasteiger partial charge < -0.3 is 20.3 Å². The van der Waals surface area contributed by atoms with Gasteiger partial charge in [-0.3, -0.25) is 4.79 Å². The van der Waals surface area contributed by atoms with Gasteiger partial charge >= 0.3 is 5.97 Å². The Morgan fingerprint density at radius 2 is 2.03 bits per heavy atom. The van der Waals surface area contributed by atoms with Crippen molar-refractivity contribution in [2.45, 2.75) is 38.2 Å². The molecule has 1 aromatic carbocycles. The zero-order valence-electron chi connectivity index (χ0n) is 17.3. The van der Waals surface area contributed by atoms with E-state index in [-0.39, 0.29) is 5.92 Å². The summed E-state index contributed by atoms with van der Waals surface area (Å²) in [5.41, 5.74) is 1.79. The van der Waals surface area contributed by atoms with Gasteiger partial charge in [0.05, 0.1) is 17.9 Å². The first-order valence-corrected chi connectivity index (χ1v) is 10.9. The van der Waals surface area contributed by atoms with Crippen molar-refractivity contribution in [1.29, 1.82) is 0 Å². The summed E-state index contributed by atoms with van der Waals surface area (Å²) in [6.45, 7) is 2.00. The molecule has 2 heterocycles. The number of aliphatic hydroxyl groups is 1. The number of rotatable bonds is 6. The molecule has 162 valence electrons. The average molecular weight is 441 g/mol. The summed E-state index contributed by atoms with van der Waals surface area (Å²) in [6, 6.07) is 7.72. The van der Waals surface area contributed by atoms with Gasteiger partial charge in [0.25, 0.3) is 0 Å². The summed E-state index contributed by atoms with van der Waals surface area (Å²) in [6.07, 6.45) is 5.12. The molecular weight excluding hydrogens is 416 g/mol. The summed E-state index contributed by atoms with van der Waals surface area (Å²) >= 11 is 1.44. The van der Waals surface area contributed by atoms with Crippen LogP contribution in [0.1, 0.15) is 36.3 Å². The molecule has 0 spiro atoms. The molecule has 0 radical (unpaired) electrons. The van der Waals surface area contributed by atoms with Gasteiger partial charge in [0.2, 0.25) is 11.8 Å². The number of nitrogens with one attached hydrogen (secondary N) is 1. The van der Waals surface area contributed by atoms with E-state index in [1.807, 2.05) is 19.1 Å². The van der Waals surface area contributed by atoms with Gasteiger partial charge in [-0.05, 0) is 55.9 Å². The van der Waals surface area contributed by atoms with E-state index in [0.29, 0.717) is 42.5 Å². The molecule has 2 aromatic heterocycles. The molecule has 1 saturated carbocycles. The van der Waals surface area contributed by atoms with Crippen molar-refractivity contribution in [2.75, 3.05) is 12.4 Å². The number of aryl methyl sites for hydroxylation is 1. The van der Waals surface area contributed by atoms with E-state index < -0.39 is 11.6 Å². The molecule has 3 aromatic rings. The van der Waals surface area contributed by atoms with Crippen LogP contribution in [0.3, 0.4) is 0 Å². The maximum Gasteiger partial charge on any atom is 0.306 e. The van der Waals surface area contributed by atoms with Gasteiger partial charge in [-0.15, -0.1) is 11.3 Å². The third kappa shape index (κ3) is 4.67. The third-order valence-electron chi connectivity index (χ3n) is 5.52. The fourth-order valence-corrected chi connectivity index (χ4v) is 4.87. The van der Waals surface area contributed by atoms with E-state index in [1.54, 1.807) is 25.6 Å². The van der Waals surface area contributed by atoms with Crippen molar-refractivity contribution in [3.63, 3.8) is 0 Å². The first kappa shape index (κ1) is 21.2. The number of carboxylic acid groups (broad SMARTS) is 1. The molecule has 1 aliphatic carbocycles. The molecule has 31 heavy (non-hydrogen) atoms. The zero-order chi connectivity index (χ0) is 22.0. The van der Waals surface area contributed by atoms with E-state index >= 15 is 0 Å². The minimum absolute atomic E-state index is 0.385. The van der Waals surface area contributed by atoms with Crippen LogP contribution < -0.4 is 10.1 Å². The molecule has 1 aliphatic rings. The van der Waals surface area contributed by atoms with Gasteiger partial charge in [0, 0.05) is 24.1 Å². The zero-order valence-corrected chi connectivity index (χ0v) is 18.1. The van der Waals surface area contributed by atoms with Crippen molar-refractivity contribution >= 4 is 28.9 Å². The number of anilines is 2. The lowest BCUT2D eigenvalue weighted by Gasteiger charge is -2.32. The largest absolute Gasteiger partial charge is 0.481 e. The molecule has 0 unspecified atom stereocenters. The third-order valence-corrected chi connectivity index (χ3v) is 6.76. The lowest BCUT2D eigenvalue weighted by molar-refractivity contribution is -0.145. The van der Waals surface area contributed by atoms with Gasteiger partial charge in [0.1, 0.15) is 10.6 Å². The Morgan fingerprint density at radius 3 is 2.74 bits per heavy atom. The summed E-state index contributed by atoms with van der Waals surface area (Å²) in [5.74, 6) is -0.264. The number of nitrogens with zero attached hydrogens (tertiary/aromatic N) is 3. The van der Waals surface area contributed by atoms with Crippen LogP contribution in [-0.2, 0) is 10.4 Å². The Balaban J connectivity index is 1.55. The fourth-order valence-electron chi connectivity index (χ4n) is 3.82. The molecule has 3 N–H and O–H groups in total. The second kappa shape index (κ2) is 8.60.